The first-order chi connectivity index (χ1) is 14.9. The van der Waals surface area contributed by atoms with Crippen LogP contribution in [0.2, 0.25) is 0 Å². The SMILES string of the molecule is CCOC(=O)n1c2c(c3ccccc31)C[C@@](C)(C(=O)OCC)[C@H](c1ccc(C)cc1)C2. The maximum atomic E-state index is 13.2. The minimum atomic E-state index is -0.734. The van der Waals surface area contributed by atoms with Crippen molar-refractivity contribution >= 4 is 23.0 Å². The van der Waals surface area contributed by atoms with E-state index in [-0.39, 0.29) is 18.0 Å². The average molecular weight is 420 g/mol. The topological polar surface area (TPSA) is 57.5 Å². The van der Waals surface area contributed by atoms with E-state index in [4.69, 9.17) is 9.47 Å². The van der Waals surface area contributed by atoms with Crippen LogP contribution in [0.5, 0.6) is 0 Å². The van der Waals surface area contributed by atoms with Crippen LogP contribution in [0.25, 0.3) is 10.9 Å². The molecule has 2 atom stereocenters. The monoisotopic (exact) mass is 419 g/mol. The van der Waals surface area contributed by atoms with Crippen LogP contribution in [0.1, 0.15) is 49.1 Å². The number of hydrogen-bond donors (Lipinski definition) is 0. The molecule has 0 bridgehead atoms. The molecule has 1 heterocycles. The summed E-state index contributed by atoms with van der Waals surface area (Å²) in [5.74, 6) is -0.309. The molecule has 31 heavy (non-hydrogen) atoms. The third kappa shape index (κ3) is 3.52. The van der Waals surface area contributed by atoms with Gasteiger partial charge in [-0.05, 0) is 57.7 Å². The molecule has 0 aliphatic heterocycles. The van der Waals surface area contributed by atoms with Gasteiger partial charge < -0.3 is 9.47 Å². The molecule has 162 valence electrons. The van der Waals surface area contributed by atoms with Gasteiger partial charge in [0, 0.05) is 17.0 Å². The second-order valence-electron chi connectivity index (χ2n) is 8.46. The van der Waals surface area contributed by atoms with Crippen LogP contribution in [0.3, 0.4) is 0 Å². The van der Waals surface area contributed by atoms with Crippen LogP contribution in [0.15, 0.2) is 48.5 Å². The largest absolute Gasteiger partial charge is 0.466 e. The Morgan fingerprint density at radius 2 is 1.71 bits per heavy atom. The first kappa shape index (κ1) is 21.2. The highest BCUT2D eigenvalue weighted by atomic mass is 16.5. The van der Waals surface area contributed by atoms with E-state index < -0.39 is 5.41 Å². The first-order valence-corrected chi connectivity index (χ1v) is 10.9. The van der Waals surface area contributed by atoms with Gasteiger partial charge in [-0.25, -0.2) is 9.36 Å². The zero-order valence-corrected chi connectivity index (χ0v) is 18.6. The zero-order valence-electron chi connectivity index (χ0n) is 18.6. The molecule has 5 heteroatoms. The third-order valence-corrected chi connectivity index (χ3v) is 6.47. The van der Waals surface area contributed by atoms with Gasteiger partial charge in [0.1, 0.15) is 0 Å². The highest BCUT2D eigenvalue weighted by Gasteiger charge is 2.48. The van der Waals surface area contributed by atoms with Gasteiger partial charge in [-0.1, -0.05) is 48.0 Å². The average Bonchev–Trinajstić information content (AvgIpc) is 3.07. The minimum Gasteiger partial charge on any atom is -0.466 e. The number of benzene rings is 2. The third-order valence-electron chi connectivity index (χ3n) is 6.47. The van der Waals surface area contributed by atoms with Crippen molar-refractivity contribution < 1.29 is 19.1 Å². The van der Waals surface area contributed by atoms with Crippen LogP contribution < -0.4 is 0 Å². The maximum Gasteiger partial charge on any atom is 0.418 e. The fraction of sp³-hybridized carbons (Fsp3) is 0.385. The number of ether oxygens (including phenoxy) is 2. The summed E-state index contributed by atoms with van der Waals surface area (Å²) in [6, 6.07) is 16.1. The van der Waals surface area contributed by atoms with Crippen molar-refractivity contribution in [3.63, 3.8) is 0 Å². The van der Waals surface area contributed by atoms with Crippen molar-refractivity contribution in [2.75, 3.05) is 13.2 Å². The van der Waals surface area contributed by atoms with Crippen molar-refractivity contribution in [2.45, 2.75) is 46.5 Å². The van der Waals surface area contributed by atoms with Gasteiger partial charge in [-0.2, -0.15) is 0 Å². The summed E-state index contributed by atoms with van der Waals surface area (Å²) in [4.78, 5) is 26.2. The van der Waals surface area contributed by atoms with Crippen LogP contribution >= 0.6 is 0 Å². The molecule has 1 aliphatic rings. The van der Waals surface area contributed by atoms with E-state index in [1.54, 1.807) is 4.57 Å². The number of aromatic nitrogens is 1. The van der Waals surface area contributed by atoms with E-state index in [1.807, 2.05) is 52.0 Å². The zero-order chi connectivity index (χ0) is 22.2. The Morgan fingerprint density at radius 3 is 2.39 bits per heavy atom. The fourth-order valence-corrected chi connectivity index (χ4v) is 4.87. The summed E-state index contributed by atoms with van der Waals surface area (Å²) in [6.45, 7) is 8.33. The van der Waals surface area contributed by atoms with Crippen molar-refractivity contribution in [2.24, 2.45) is 5.41 Å². The Hall–Kier alpha value is -3.08. The predicted octanol–water partition coefficient (Wildman–Crippen LogP) is 5.41. The molecular weight excluding hydrogens is 390 g/mol. The normalized spacial score (nSPS) is 20.3. The molecule has 0 N–H and O–H groups in total. The molecule has 0 spiro atoms. The summed E-state index contributed by atoms with van der Waals surface area (Å²) in [7, 11) is 0. The number of aryl methyl sites for hydroxylation is 1. The first-order valence-electron chi connectivity index (χ1n) is 10.9. The number of nitrogens with zero attached hydrogens (tertiary/aromatic N) is 1. The smallest absolute Gasteiger partial charge is 0.418 e. The molecule has 1 aromatic heterocycles. The Bertz CT molecular complexity index is 1130. The second kappa shape index (κ2) is 8.22. The lowest BCUT2D eigenvalue weighted by atomic mass is 9.64. The van der Waals surface area contributed by atoms with E-state index in [1.165, 1.54) is 5.56 Å². The molecule has 1 aliphatic carbocycles. The molecule has 0 unspecified atom stereocenters. The van der Waals surface area contributed by atoms with Crippen molar-refractivity contribution in [3.05, 3.63) is 70.9 Å². The molecule has 0 radical (unpaired) electrons. The van der Waals surface area contributed by atoms with Crippen LogP contribution in [0, 0.1) is 12.3 Å². The summed E-state index contributed by atoms with van der Waals surface area (Å²) in [5, 5.41) is 0.989. The number of esters is 1. The Balaban J connectivity index is 1.93. The van der Waals surface area contributed by atoms with Gasteiger partial charge >= 0.3 is 12.1 Å². The van der Waals surface area contributed by atoms with Gasteiger partial charge in [0.05, 0.1) is 24.1 Å². The summed E-state index contributed by atoms with van der Waals surface area (Å²) < 4.78 is 12.6. The van der Waals surface area contributed by atoms with E-state index in [2.05, 4.69) is 24.3 Å². The van der Waals surface area contributed by atoms with Crippen molar-refractivity contribution in [1.29, 1.82) is 0 Å². The van der Waals surface area contributed by atoms with E-state index in [9.17, 15) is 9.59 Å². The summed E-state index contributed by atoms with van der Waals surface area (Å²) >= 11 is 0. The van der Waals surface area contributed by atoms with Crippen molar-refractivity contribution in [3.8, 4) is 0 Å². The molecule has 5 nitrogen and oxygen atoms in total. The number of carbonyl (C=O) groups is 2. The van der Waals surface area contributed by atoms with E-state index in [0.29, 0.717) is 26.1 Å². The number of para-hydroxylation sites is 1. The van der Waals surface area contributed by atoms with Gasteiger partial charge in [0.2, 0.25) is 0 Å². The molecule has 0 saturated heterocycles. The molecule has 2 aromatic carbocycles. The highest BCUT2D eigenvalue weighted by Crippen LogP contribution is 2.49. The van der Waals surface area contributed by atoms with E-state index in [0.717, 1.165) is 27.7 Å². The van der Waals surface area contributed by atoms with Gasteiger partial charge in [-0.15, -0.1) is 0 Å². The van der Waals surface area contributed by atoms with Crippen LogP contribution in [-0.2, 0) is 27.1 Å². The van der Waals surface area contributed by atoms with Gasteiger partial charge in [0.25, 0.3) is 0 Å². The second-order valence-corrected chi connectivity index (χ2v) is 8.46. The number of rotatable bonds is 4. The van der Waals surface area contributed by atoms with Crippen LogP contribution in [0.4, 0.5) is 4.79 Å². The highest BCUT2D eigenvalue weighted by molar-refractivity contribution is 5.95. The number of carbonyl (C=O) groups excluding carboxylic acids is 2. The predicted molar refractivity (Wildman–Crippen MR) is 120 cm³/mol. The fourth-order valence-electron chi connectivity index (χ4n) is 4.87. The lowest BCUT2D eigenvalue weighted by Crippen LogP contribution is -2.42. The maximum absolute atomic E-state index is 13.2. The summed E-state index contributed by atoms with van der Waals surface area (Å²) in [6.07, 6.45) is 0.690. The van der Waals surface area contributed by atoms with Gasteiger partial charge in [0.15, 0.2) is 0 Å². The van der Waals surface area contributed by atoms with Crippen LogP contribution in [-0.4, -0.2) is 29.8 Å². The lowest BCUT2D eigenvalue weighted by Gasteiger charge is -2.40. The Labute approximate surface area is 183 Å². The lowest BCUT2D eigenvalue weighted by molar-refractivity contribution is -0.156. The van der Waals surface area contributed by atoms with Crippen molar-refractivity contribution in [1.82, 2.24) is 4.57 Å². The molecular formula is C26H29NO4. The van der Waals surface area contributed by atoms with Gasteiger partial charge in [-0.3, -0.25) is 4.79 Å². The molecule has 3 aromatic rings. The quantitative estimate of drug-likeness (QED) is 0.531. The summed E-state index contributed by atoms with van der Waals surface area (Å²) in [5.41, 5.74) is 4.28. The number of hydrogen-bond acceptors (Lipinski definition) is 4. The Kier molecular flexibility index (Phi) is 5.61. The Morgan fingerprint density at radius 1 is 1.03 bits per heavy atom. The minimum absolute atomic E-state index is 0.114. The standard InChI is InChI=1S/C26H29NO4/c1-5-30-24(28)26(4)16-20-19-9-7-8-10-22(19)27(25(29)31-6-2)23(20)15-21(26)18-13-11-17(3)12-14-18/h7-14,21H,5-6,15-16H2,1-4H3/t21-,26+/m0/s1. The molecule has 0 fully saturated rings. The molecule has 0 saturated carbocycles. The number of fused-ring (bicyclic) bond motifs is 3. The van der Waals surface area contributed by atoms with E-state index >= 15 is 0 Å². The molecule has 0 amide bonds. The molecule has 4 rings (SSSR count).